The van der Waals surface area contributed by atoms with Crippen LogP contribution in [0.1, 0.15) is 34.1 Å². The summed E-state index contributed by atoms with van der Waals surface area (Å²) in [7, 11) is -3.98. The fourth-order valence-electron chi connectivity index (χ4n) is 3.46. The molecule has 0 unspecified atom stereocenters. The highest BCUT2D eigenvalue weighted by Crippen LogP contribution is 2.23. The Morgan fingerprint density at radius 2 is 1.44 bits per heavy atom. The minimum Gasteiger partial charge on any atom is -0.478 e. The van der Waals surface area contributed by atoms with Gasteiger partial charge >= 0.3 is 5.97 Å². The molecule has 0 aliphatic rings. The van der Waals surface area contributed by atoms with Gasteiger partial charge in [-0.3, -0.25) is 9.52 Å². The van der Waals surface area contributed by atoms with E-state index in [4.69, 9.17) is 5.11 Å². The fourth-order valence-corrected chi connectivity index (χ4v) is 4.49. The summed E-state index contributed by atoms with van der Waals surface area (Å²) in [6.45, 7) is 1.47. The molecule has 0 fully saturated rings. The number of hydrogen-bond acceptors (Lipinski definition) is 6. The van der Waals surface area contributed by atoms with Crippen LogP contribution in [0.5, 0.6) is 0 Å². The van der Waals surface area contributed by atoms with Gasteiger partial charge in [-0.25, -0.2) is 23.2 Å². The summed E-state index contributed by atoms with van der Waals surface area (Å²) in [5.41, 5.74) is 3.17. The van der Waals surface area contributed by atoms with Crippen molar-refractivity contribution in [2.45, 2.75) is 24.7 Å². The summed E-state index contributed by atoms with van der Waals surface area (Å²) in [5.74, 6) is -0.949. The number of ketones is 1. The molecule has 9 heteroatoms. The second kappa shape index (κ2) is 9.40. The maximum Gasteiger partial charge on any atom is 0.335 e. The van der Waals surface area contributed by atoms with Crippen LogP contribution in [0.25, 0.3) is 11.0 Å². The molecule has 2 N–H and O–H groups in total. The molecule has 4 aromatic rings. The van der Waals surface area contributed by atoms with E-state index in [0.717, 1.165) is 11.1 Å². The maximum absolute atomic E-state index is 13.1. The Hall–Kier alpha value is -4.11. The lowest BCUT2D eigenvalue weighted by Gasteiger charge is -2.13. The first-order chi connectivity index (χ1) is 16.2. The quantitative estimate of drug-likeness (QED) is 0.396. The van der Waals surface area contributed by atoms with Gasteiger partial charge in [0.1, 0.15) is 5.78 Å². The van der Waals surface area contributed by atoms with Gasteiger partial charge in [0.2, 0.25) is 0 Å². The van der Waals surface area contributed by atoms with E-state index in [-0.39, 0.29) is 34.9 Å². The molecule has 0 bridgehead atoms. The van der Waals surface area contributed by atoms with E-state index < -0.39 is 16.0 Å². The Bertz CT molecular complexity index is 1480. The number of sulfonamides is 1. The summed E-state index contributed by atoms with van der Waals surface area (Å²) in [6, 6.07) is 19.5. The number of carbonyl (C=O) groups is 2. The van der Waals surface area contributed by atoms with Gasteiger partial charge in [0.05, 0.1) is 27.2 Å². The lowest BCUT2D eigenvalue weighted by molar-refractivity contribution is -0.116. The number of carbonyl (C=O) groups excluding carboxylic acids is 1. The highest BCUT2D eigenvalue weighted by molar-refractivity contribution is 7.92. The van der Waals surface area contributed by atoms with Crippen molar-refractivity contribution in [2.24, 2.45) is 0 Å². The number of para-hydroxylation sites is 2. The van der Waals surface area contributed by atoms with Crippen molar-refractivity contribution < 1.29 is 23.1 Å². The third-order valence-corrected chi connectivity index (χ3v) is 6.49. The highest BCUT2D eigenvalue weighted by Gasteiger charge is 2.19. The van der Waals surface area contributed by atoms with Crippen LogP contribution in [0.3, 0.4) is 0 Å². The van der Waals surface area contributed by atoms with Gasteiger partial charge < -0.3 is 5.11 Å². The van der Waals surface area contributed by atoms with Crippen LogP contribution in [-0.2, 0) is 27.7 Å². The maximum atomic E-state index is 13.1. The second-order valence-corrected chi connectivity index (χ2v) is 9.50. The van der Waals surface area contributed by atoms with Crippen LogP contribution in [0, 0.1) is 0 Å². The molecule has 0 aliphatic heterocycles. The molecule has 4 rings (SSSR count). The molecule has 1 heterocycles. The zero-order valence-corrected chi connectivity index (χ0v) is 19.0. The van der Waals surface area contributed by atoms with Crippen LogP contribution in [0.4, 0.5) is 5.82 Å². The molecule has 34 heavy (non-hydrogen) atoms. The summed E-state index contributed by atoms with van der Waals surface area (Å²) < 4.78 is 28.7. The number of aromatic nitrogens is 2. The summed E-state index contributed by atoms with van der Waals surface area (Å²) in [6.07, 6.45) is 0.474. The molecule has 0 saturated heterocycles. The minimum absolute atomic E-state index is 0.0128. The summed E-state index contributed by atoms with van der Waals surface area (Å²) in [5, 5.41) is 9.11. The van der Waals surface area contributed by atoms with Crippen molar-refractivity contribution in [1.82, 2.24) is 9.97 Å². The first kappa shape index (κ1) is 23.1. The first-order valence-electron chi connectivity index (χ1n) is 10.4. The number of rotatable bonds is 8. The van der Waals surface area contributed by atoms with Crippen LogP contribution < -0.4 is 4.72 Å². The lowest BCUT2D eigenvalue weighted by Crippen LogP contribution is -2.16. The average molecular weight is 476 g/mol. The lowest BCUT2D eigenvalue weighted by atomic mass is 10.1. The minimum atomic E-state index is -3.98. The van der Waals surface area contributed by atoms with Crippen molar-refractivity contribution in [2.75, 3.05) is 4.72 Å². The number of fused-ring (bicyclic) bond motifs is 1. The number of nitrogens with zero attached hydrogens (tertiary/aromatic N) is 2. The molecule has 0 aliphatic carbocycles. The average Bonchev–Trinajstić information content (AvgIpc) is 2.79. The molecule has 0 atom stereocenters. The SMILES string of the molecule is CC(=O)Cc1ccc(S(=O)(=O)Nc2nc3ccccc3nc2Cc2ccc(C(=O)O)cc2)cc1. The second-order valence-electron chi connectivity index (χ2n) is 7.81. The molecule has 0 amide bonds. The predicted octanol–water partition coefficient (Wildman–Crippen LogP) is 3.85. The number of hydrogen-bond donors (Lipinski definition) is 2. The zero-order valence-electron chi connectivity index (χ0n) is 18.2. The van der Waals surface area contributed by atoms with Gasteiger partial charge in [-0.1, -0.05) is 36.4 Å². The van der Waals surface area contributed by atoms with Gasteiger partial charge in [0.15, 0.2) is 5.82 Å². The normalized spacial score (nSPS) is 11.3. The van der Waals surface area contributed by atoms with Crippen molar-refractivity contribution >= 4 is 38.6 Å². The molecule has 8 nitrogen and oxygen atoms in total. The Morgan fingerprint density at radius 3 is 2.03 bits per heavy atom. The third kappa shape index (κ3) is 5.26. The molecular formula is C25H21N3O5S. The van der Waals surface area contributed by atoms with E-state index in [1.165, 1.54) is 31.2 Å². The van der Waals surface area contributed by atoms with Crippen molar-refractivity contribution in [3.63, 3.8) is 0 Å². The molecule has 0 radical (unpaired) electrons. The molecule has 0 saturated carbocycles. The third-order valence-electron chi connectivity index (χ3n) is 5.13. The van der Waals surface area contributed by atoms with E-state index in [2.05, 4.69) is 14.7 Å². The van der Waals surface area contributed by atoms with Crippen LogP contribution in [-0.4, -0.2) is 35.2 Å². The Morgan fingerprint density at radius 1 is 0.853 bits per heavy atom. The molecule has 3 aromatic carbocycles. The van der Waals surface area contributed by atoms with Gasteiger partial charge in [0.25, 0.3) is 10.0 Å². The number of Topliss-reactive ketones (excluding diaryl/α,β-unsaturated/α-hetero) is 1. The molecule has 1 aromatic heterocycles. The zero-order chi connectivity index (χ0) is 24.3. The van der Waals surface area contributed by atoms with Gasteiger partial charge in [-0.2, -0.15) is 0 Å². The molecular weight excluding hydrogens is 454 g/mol. The van der Waals surface area contributed by atoms with Crippen molar-refractivity contribution in [3.05, 3.63) is 95.2 Å². The molecule has 0 spiro atoms. The Labute approximate surface area is 196 Å². The van der Waals surface area contributed by atoms with Crippen LogP contribution in [0.15, 0.2) is 77.7 Å². The monoisotopic (exact) mass is 475 g/mol. The van der Waals surface area contributed by atoms with Crippen LogP contribution >= 0.6 is 0 Å². The van der Waals surface area contributed by atoms with Gasteiger partial charge in [-0.05, 0) is 54.4 Å². The number of nitrogens with one attached hydrogen (secondary N) is 1. The largest absolute Gasteiger partial charge is 0.478 e. The topological polar surface area (TPSA) is 126 Å². The van der Waals surface area contributed by atoms with E-state index >= 15 is 0 Å². The van der Waals surface area contributed by atoms with Crippen LogP contribution in [0.2, 0.25) is 0 Å². The first-order valence-corrected chi connectivity index (χ1v) is 11.9. The fraction of sp³-hybridized carbons (Fsp3) is 0.120. The Kier molecular flexibility index (Phi) is 6.38. The van der Waals surface area contributed by atoms with Gasteiger partial charge in [-0.15, -0.1) is 0 Å². The predicted molar refractivity (Wildman–Crippen MR) is 127 cm³/mol. The Balaban J connectivity index is 1.69. The highest BCUT2D eigenvalue weighted by atomic mass is 32.2. The van der Waals surface area contributed by atoms with E-state index in [9.17, 15) is 18.0 Å². The van der Waals surface area contributed by atoms with E-state index in [0.29, 0.717) is 16.7 Å². The van der Waals surface area contributed by atoms with E-state index in [1.54, 1.807) is 42.5 Å². The number of carboxylic acid groups (broad SMARTS) is 1. The summed E-state index contributed by atoms with van der Waals surface area (Å²) >= 11 is 0. The van der Waals surface area contributed by atoms with Gasteiger partial charge in [0, 0.05) is 12.8 Å². The number of anilines is 1. The van der Waals surface area contributed by atoms with E-state index in [1.807, 2.05) is 6.07 Å². The number of aromatic carboxylic acids is 1. The smallest absolute Gasteiger partial charge is 0.335 e. The number of carboxylic acids is 1. The standard InChI is InChI=1S/C25H21N3O5S/c1-16(29)14-17-8-12-20(13-9-17)34(32,33)28-24-23(26-21-4-2-3-5-22(21)27-24)15-18-6-10-19(11-7-18)25(30)31/h2-13H,14-15H2,1H3,(H,27,28)(H,30,31). The van der Waals surface area contributed by atoms with Crippen molar-refractivity contribution in [1.29, 1.82) is 0 Å². The number of benzene rings is 3. The molecule has 172 valence electrons. The summed E-state index contributed by atoms with van der Waals surface area (Å²) in [4.78, 5) is 31.6. The van der Waals surface area contributed by atoms with Crippen molar-refractivity contribution in [3.8, 4) is 0 Å².